The molecular weight excluding hydrogens is 869 g/mol. The summed E-state index contributed by atoms with van der Waals surface area (Å²) in [6, 6.07) is 18.0. The second-order valence-electron chi connectivity index (χ2n) is 17.0. The maximum atomic E-state index is 13.9. The standard InChI is InChI=1S/C49H49ClFN7O8/c1-28-43(29(2)54(3)53-28)44-37(50)15-14-34-33(9-6-24-65-39-10-4-7-30-25-31(51)12-13-32(30)39)46(49(63)64)57(45(34)44)23-20-55-18-21-56(22-19-55)42(60)27-66-40-11-5-8-35-36(40)26-58(48(35)62)38-16-17-41(59)52-47(38)61/h4-5,7-8,10-15,25,38H,6,9,16-24,26-27H2,1-3H3,(H,63,64)(H,52,59,61). The maximum absolute atomic E-state index is 13.9. The maximum Gasteiger partial charge on any atom is 0.352 e. The lowest BCUT2D eigenvalue weighted by molar-refractivity contribution is -0.137. The lowest BCUT2D eigenvalue weighted by Gasteiger charge is -2.35. The number of piperidine rings is 1. The molecule has 342 valence electrons. The molecule has 2 saturated heterocycles. The quantitative estimate of drug-likeness (QED) is 0.0935. The van der Waals surface area contributed by atoms with Gasteiger partial charge in [-0.05, 0) is 86.5 Å². The van der Waals surface area contributed by atoms with E-state index < -0.39 is 17.9 Å². The third-order valence-electron chi connectivity index (χ3n) is 13.1. The molecule has 66 heavy (non-hydrogen) atoms. The molecule has 4 amide bonds. The van der Waals surface area contributed by atoms with E-state index in [0.717, 1.165) is 38.7 Å². The Morgan fingerprint density at radius 2 is 1.68 bits per heavy atom. The molecule has 2 N–H and O–H groups in total. The number of rotatable bonds is 14. The number of nitrogens with zero attached hydrogens (tertiary/aromatic N) is 6. The molecule has 0 aliphatic carbocycles. The van der Waals surface area contributed by atoms with E-state index >= 15 is 0 Å². The number of benzene rings is 4. The highest BCUT2D eigenvalue weighted by Gasteiger charge is 2.40. The van der Waals surface area contributed by atoms with Crippen molar-refractivity contribution >= 4 is 62.9 Å². The van der Waals surface area contributed by atoms with Crippen LogP contribution >= 0.6 is 11.6 Å². The smallest absolute Gasteiger partial charge is 0.352 e. The average molecular weight is 918 g/mol. The number of imide groups is 1. The molecule has 1 unspecified atom stereocenters. The number of aryl methyl sites for hydroxylation is 3. The van der Waals surface area contributed by atoms with Gasteiger partial charge >= 0.3 is 5.97 Å². The number of amides is 4. The van der Waals surface area contributed by atoms with Crippen LogP contribution in [0.15, 0.2) is 66.7 Å². The first-order chi connectivity index (χ1) is 31.8. The summed E-state index contributed by atoms with van der Waals surface area (Å²) >= 11 is 7.06. The molecule has 17 heteroatoms. The van der Waals surface area contributed by atoms with E-state index in [2.05, 4.69) is 15.3 Å². The second-order valence-corrected chi connectivity index (χ2v) is 17.4. The fraction of sp³-hybridized carbons (Fsp3) is 0.347. The van der Waals surface area contributed by atoms with Gasteiger partial charge in [-0.3, -0.25) is 34.1 Å². The van der Waals surface area contributed by atoms with Crippen LogP contribution in [0.4, 0.5) is 4.39 Å². The molecule has 4 aromatic carbocycles. The number of halogens is 2. The monoisotopic (exact) mass is 917 g/mol. The summed E-state index contributed by atoms with van der Waals surface area (Å²) in [4.78, 5) is 69.8. The van der Waals surface area contributed by atoms with Crippen LogP contribution in [0.5, 0.6) is 11.5 Å². The summed E-state index contributed by atoms with van der Waals surface area (Å²) in [6.45, 7) is 6.84. The Balaban J connectivity index is 0.896. The van der Waals surface area contributed by atoms with Gasteiger partial charge in [0.2, 0.25) is 11.8 Å². The molecule has 2 fully saturated rings. The van der Waals surface area contributed by atoms with Gasteiger partial charge < -0.3 is 28.9 Å². The number of carboxylic acid groups (broad SMARTS) is 1. The first-order valence-electron chi connectivity index (χ1n) is 22.1. The molecular formula is C49H49ClFN7O8. The zero-order valence-electron chi connectivity index (χ0n) is 36.9. The average Bonchev–Trinajstić information content (AvgIpc) is 3.89. The largest absolute Gasteiger partial charge is 0.493 e. The van der Waals surface area contributed by atoms with Crippen LogP contribution in [-0.2, 0) is 40.9 Å². The summed E-state index contributed by atoms with van der Waals surface area (Å²) in [5.74, 6) is -1.78. The fourth-order valence-electron chi connectivity index (χ4n) is 9.75. The number of carboxylic acids is 1. The molecule has 3 aliphatic heterocycles. The third kappa shape index (κ3) is 8.34. The molecule has 5 heterocycles. The summed E-state index contributed by atoms with van der Waals surface area (Å²) in [5, 5.41) is 20.7. The Morgan fingerprint density at radius 1 is 0.924 bits per heavy atom. The van der Waals surface area contributed by atoms with E-state index in [-0.39, 0.29) is 55.2 Å². The van der Waals surface area contributed by atoms with E-state index in [1.54, 1.807) is 33.8 Å². The number of aromatic carboxylic acids is 1. The van der Waals surface area contributed by atoms with Crippen LogP contribution in [0.25, 0.3) is 32.8 Å². The van der Waals surface area contributed by atoms with Crippen molar-refractivity contribution in [3.63, 3.8) is 0 Å². The fourth-order valence-corrected chi connectivity index (χ4v) is 10.0. The minimum absolute atomic E-state index is 0.130. The van der Waals surface area contributed by atoms with Gasteiger partial charge in [0.05, 0.1) is 29.4 Å². The highest BCUT2D eigenvalue weighted by Crippen LogP contribution is 2.42. The Morgan fingerprint density at radius 3 is 2.42 bits per heavy atom. The molecule has 6 aromatic rings. The molecule has 0 bridgehead atoms. The number of hydrogen-bond donors (Lipinski definition) is 2. The van der Waals surface area contributed by atoms with Gasteiger partial charge in [-0.2, -0.15) is 5.10 Å². The Hall–Kier alpha value is -6.78. The van der Waals surface area contributed by atoms with E-state index in [4.69, 9.17) is 21.1 Å². The summed E-state index contributed by atoms with van der Waals surface area (Å²) in [5.41, 5.74) is 5.78. The summed E-state index contributed by atoms with van der Waals surface area (Å²) in [6.07, 6.45) is 1.29. The molecule has 0 spiro atoms. The highest BCUT2D eigenvalue weighted by molar-refractivity contribution is 6.35. The van der Waals surface area contributed by atoms with Gasteiger partial charge in [0.25, 0.3) is 11.8 Å². The molecule has 0 saturated carbocycles. The van der Waals surface area contributed by atoms with Crippen molar-refractivity contribution in [3.05, 3.63) is 111 Å². The topological polar surface area (TPSA) is 169 Å². The predicted molar refractivity (Wildman–Crippen MR) is 244 cm³/mol. The molecule has 3 aliphatic rings. The van der Waals surface area contributed by atoms with Gasteiger partial charge in [0.15, 0.2) is 6.61 Å². The first-order valence-corrected chi connectivity index (χ1v) is 22.4. The Labute approximate surface area is 384 Å². The number of ether oxygens (including phenoxy) is 2. The van der Waals surface area contributed by atoms with Gasteiger partial charge in [-0.25, -0.2) is 9.18 Å². The normalized spacial score (nSPS) is 16.6. The van der Waals surface area contributed by atoms with Crippen molar-refractivity contribution < 1.29 is 42.9 Å². The highest BCUT2D eigenvalue weighted by atomic mass is 35.5. The first kappa shape index (κ1) is 44.4. The molecule has 1 atom stereocenters. The van der Waals surface area contributed by atoms with E-state index in [1.165, 1.54) is 17.0 Å². The van der Waals surface area contributed by atoms with Crippen LogP contribution in [0.2, 0.25) is 5.02 Å². The van der Waals surface area contributed by atoms with Gasteiger partial charge in [-0.15, -0.1) is 0 Å². The van der Waals surface area contributed by atoms with Crippen LogP contribution in [-0.4, -0.2) is 116 Å². The minimum atomic E-state index is -1.06. The van der Waals surface area contributed by atoms with Crippen molar-refractivity contribution in [2.24, 2.45) is 7.05 Å². The SMILES string of the molecule is Cc1nn(C)c(C)c1-c1c(Cl)ccc2c(CCCOc3cccc4cc(F)ccc34)c(C(=O)O)n(CCN3CCN(C(=O)COc4cccc5c4CN(C4CCC(=O)NC4=O)C5=O)CC3)c12. The van der Waals surface area contributed by atoms with Crippen LogP contribution in [0.1, 0.15) is 62.6 Å². The molecule has 0 radical (unpaired) electrons. The number of carbonyl (C=O) groups excluding carboxylic acids is 4. The third-order valence-corrected chi connectivity index (χ3v) is 13.4. The zero-order chi connectivity index (χ0) is 46.4. The predicted octanol–water partition coefficient (Wildman–Crippen LogP) is 6.30. The van der Waals surface area contributed by atoms with Crippen molar-refractivity contribution in [1.82, 2.24) is 34.4 Å². The minimum Gasteiger partial charge on any atom is -0.493 e. The van der Waals surface area contributed by atoms with Gasteiger partial charge in [0.1, 0.15) is 29.1 Å². The number of fused-ring (bicyclic) bond motifs is 3. The van der Waals surface area contributed by atoms with Crippen molar-refractivity contribution in [3.8, 4) is 22.6 Å². The van der Waals surface area contributed by atoms with Gasteiger partial charge in [0, 0.05) is 91.5 Å². The van der Waals surface area contributed by atoms with Crippen molar-refractivity contribution in [2.45, 2.75) is 58.7 Å². The van der Waals surface area contributed by atoms with Crippen LogP contribution in [0.3, 0.4) is 0 Å². The molecule has 15 nitrogen and oxygen atoms in total. The molecule has 2 aromatic heterocycles. The summed E-state index contributed by atoms with van der Waals surface area (Å²) in [7, 11) is 1.87. The van der Waals surface area contributed by atoms with Crippen molar-refractivity contribution in [1.29, 1.82) is 0 Å². The van der Waals surface area contributed by atoms with Crippen LogP contribution in [0, 0.1) is 19.7 Å². The Bertz CT molecular complexity index is 2960. The van der Waals surface area contributed by atoms with Gasteiger partial charge in [-0.1, -0.05) is 35.9 Å². The zero-order valence-corrected chi connectivity index (χ0v) is 37.6. The molecule has 9 rings (SSSR count). The van der Waals surface area contributed by atoms with E-state index in [0.29, 0.717) is 97.4 Å². The number of nitrogens with one attached hydrogen (secondary N) is 1. The Kier molecular flexibility index (Phi) is 12.3. The number of piperazine rings is 1. The van der Waals surface area contributed by atoms with E-state index in [9.17, 15) is 33.5 Å². The second kappa shape index (κ2) is 18.2. The summed E-state index contributed by atoms with van der Waals surface area (Å²) < 4.78 is 29.8. The van der Waals surface area contributed by atoms with E-state index in [1.807, 2.05) is 55.8 Å². The lowest BCUT2D eigenvalue weighted by Crippen LogP contribution is -2.52. The lowest BCUT2D eigenvalue weighted by atomic mass is 9.98. The number of hydrogen-bond acceptors (Lipinski definition) is 9. The van der Waals surface area contributed by atoms with Crippen LogP contribution < -0.4 is 14.8 Å². The number of aromatic nitrogens is 3. The number of carbonyl (C=O) groups is 5. The van der Waals surface area contributed by atoms with Crippen molar-refractivity contribution in [2.75, 3.05) is 45.9 Å².